The Morgan fingerprint density at radius 1 is 0.226 bits per heavy atom. The Balaban J connectivity index is 0.988. The molecule has 0 fully saturated rings. The van der Waals surface area contributed by atoms with Crippen molar-refractivity contribution in [2.45, 2.75) is 0 Å². The molecule has 12 rings (SSSR count). The van der Waals surface area contributed by atoms with E-state index in [2.05, 4.69) is 246 Å². The van der Waals surface area contributed by atoms with Crippen LogP contribution in [0.4, 0.5) is 0 Å². The molecular weight excluding hydrogens is 751 g/mol. The molecule has 3 aromatic heterocycles. The van der Waals surface area contributed by atoms with Crippen LogP contribution in [0, 0.1) is 0 Å². The highest BCUT2D eigenvalue weighted by Crippen LogP contribution is 2.38. The van der Waals surface area contributed by atoms with Crippen molar-refractivity contribution in [1.82, 2.24) is 14.1 Å². The second-order valence-electron chi connectivity index (χ2n) is 16.0. The molecule has 0 N–H and O–H groups in total. The first-order valence-corrected chi connectivity index (χ1v) is 21.2. The molecule has 0 spiro atoms. The van der Waals surface area contributed by atoms with Gasteiger partial charge in [0.05, 0.1) is 33.5 Å². The van der Waals surface area contributed by atoms with E-state index in [0.29, 0.717) is 0 Å². The van der Waals surface area contributed by atoms with Gasteiger partial charge in [0.15, 0.2) is 0 Å². The summed E-state index contributed by atoms with van der Waals surface area (Å²) in [4.78, 5) is 5.41. The smallest absolute Gasteiger partial charge is 0.0715 e. The van der Waals surface area contributed by atoms with Gasteiger partial charge in [0.2, 0.25) is 0 Å². The maximum atomic E-state index is 5.41. The van der Waals surface area contributed by atoms with Crippen molar-refractivity contribution >= 4 is 43.6 Å². The number of rotatable bonds is 7. The number of pyridine rings is 1. The topological polar surface area (TPSA) is 22.8 Å². The third-order valence-electron chi connectivity index (χ3n) is 12.3. The van der Waals surface area contributed by atoms with Crippen molar-refractivity contribution < 1.29 is 0 Å². The Morgan fingerprint density at radius 2 is 0.581 bits per heavy atom. The maximum Gasteiger partial charge on any atom is 0.0715 e. The van der Waals surface area contributed by atoms with Crippen LogP contribution in [0.1, 0.15) is 0 Å². The van der Waals surface area contributed by atoms with Gasteiger partial charge in [0, 0.05) is 44.0 Å². The number of hydrogen-bond acceptors (Lipinski definition) is 1. The largest absolute Gasteiger partial charge is 0.309 e. The van der Waals surface area contributed by atoms with E-state index < -0.39 is 0 Å². The van der Waals surface area contributed by atoms with Gasteiger partial charge >= 0.3 is 0 Å². The summed E-state index contributed by atoms with van der Waals surface area (Å²) in [5.74, 6) is 0. The Hall–Kier alpha value is -8.27. The van der Waals surface area contributed by atoms with E-state index in [0.717, 1.165) is 56.1 Å². The molecule has 0 unspecified atom stereocenters. The second-order valence-corrected chi connectivity index (χ2v) is 16.0. The van der Waals surface area contributed by atoms with E-state index in [4.69, 9.17) is 4.98 Å². The molecule has 0 atom stereocenters. The summed E-state index contributed by atoms with van der Waals surface area (Å²) in [7, 11) is 0. The van der Waals surface area contributed by atoms with Gasteiger partial charge in [-0.15, -0.1) is 0 Å². The van der Waals surface area contributed by atoms with E-state index in [1.165, 1.54) is 54.7 Å². The maximum absolute atomic E-state index is 5.41. The lowest BCUT2D eigenvalue weighted by Gasteiger charge is -2.14. The monoisotopic (exact) mass is 789 g/mol. The molecule has 12 aromatic rings. The quantitative estimate of drug-likeness (QED) is 0.158. The highest BCUT2D eigenvalue weighted by molar-refractivity contribution is 6.10. The summed E-state index contributed by atoms with van der Waals surface area (Å²) >= 11 is 0. The van der Waals surface area contributed by atoms with Gasteiger partial charge in [0.25, 0.3) is 0 Å². The van der Waals surface area contributed by atoms with Gasteiger partial charge in [-0.25, -0.2) is 4.98 Å². The zero-order chi connectivity index (χ0) is 41.0. The SMILES string of the molecule is c1ccc(-c2ccc(-c3cc(-c4cccc(-n5c6ccccc6c6ccccc65)c4)cc(-c4cccc(-c5cccc(-n6c7ccccc7c7ccccc76)c5)c4)n3)cc2)cc1. The summed E-state index contributed by atoms with van der Waals surface area (Å²) in [5.41, 5.74) is 17.9. The molecule has 0 radical (unpaired) electrons. The van der Waals surface area contributed by atoms with Gasteiger partial charge < -0.3 is 9.13 Å². The van der Waals surface area contributed by atoms with Crippen LogP contribution in [0.15, 0.2) is 237 Å². The van der Waals surface area contributed by atoms with Crippen molar-refractivity contribution in [3.8, 4) is 67.3 Å². The van der Waals surface area contributed by atoms with E-state index in [9.17, 15) is 0 Å². The second kappa shape index (κ2) is 14.8. The average Bonchev–Trinajstić information content (AvgIpc) is 3.87. The minimum Gasteiger partial charge on any atom is -0.309 e. The molecule has 3 nitrogen and oxygen atoms in total. The van der Waals surface area contributed by atoms with Gasteiger partial charge in [-0.05, 0) is 100 Å². The molecule has 3 heterocycles. The minimum atomic E-state index is 0.923. The Labute approximate surface area is 360 Å². The van der Waals surface area contributed by atoms with Crippen LogP contribution in [0.2, 0.25) is 0 Å². The first-order chi connectivity index (χ1) is 30.7. The number of benzene rings is 9. The fraction of sp³-hybridized carbons (Fsp3) is 0. The lowest BCUT2D eigenvalue weighted by atomic mass is 9.97. The van der Waals surface area contributed by atoms with Crippen molar-refractivity contribution in [3.63, 3.8) is 0 Å². The fourth-order valence-electron chi connectivity index (χ4n) is 9.37. The zero-order valence-corrected chi connectivity index (χ0v) is 33.9. The van der Waals surface area contributed by atoms with Gasteiger partial charge in [-0.2, -0.15) is 0 Å². The van der Waals surface area contributed by atoms with Crippen LogP contribution in [-0.2, 0) is 0 Å². The number of hydrogen-bond donors (Lipinski definition) is 0. The van der Waals surface area contributed by atoms with Crippen LogP contribution < -0.4 is 0 Å². The molecule has 62 heavy (non-hydrogen) atoms. The number of para-hydroxylation sites is 4. The molecule has 0 aliphatic carbocycles. The minimum absolute atomic E-state index is 0.923. The first-order valence-electron chi connectivity index (χ1n) is 21.2. The molecule has 0 aliphatic heterocycles. The third kappa shape index (κ3) is 6.10. The summed E-state index contributed by atoms with van der Waals surface area (Å²) < 4.78 is 4.77. The Kier molecular flexibility index (Phi) is 8.50. The van der Waals surface area contributed by atoms with Crippen LogP contribution >= 0.6 is 0 Å². The molecule has 0 aliphatic rings. The first kappa shape index (κ1) is 35.7. The Bertz CT molecular complexity index is 3520. The number of nitrogens with zero attached hydrogens (tertiary/aromatic N) is 3. The highest BCUT2D eigenvalue weighted by Gasteiger charge is 2.16. The molecule has 3 heteroatoms. The van der Waals surface area contributed by atoms with E-state index in [-0.39, 0.29) is 0 Å². The molecule has 290 valence electrons. The summed E-state index contributed by atoms with van der Waals surface area (Å²) in [6.45, 7) is 0. The predicted octanol–water partition coefficient (Wildman–Crippen LogP) is 15.6. The Morgan fingerprint density at radius 3 is 1.10 bits per heavy atom. The van der Waals surface area contributed by atoms with Crippen LogP contribution in [0.3, 0.4) is 0 Å². The molecule has 0 saturated heterocycles. The molecule has 9 aromatic carbocycles. The lowest BCUT2D eigenvalue weighted by molar-refractivity contribution is 1.18. The highest BCUT2D eigenvalue weighted by atomic mass is 15.0. The third-order valence-corrected chi connectivity index (χ3v) is 12.3. The van der Waals surface area contributed by atoms with E-state index in [1.807, 2.05) is 0 Å². The standard InChI is InChI=1S/C59H39N3/c1-2-15-40(16-3-1)41-31-33-42(34-32-41)54-38-47(45-19-14-22-49(37-45)62-58-29-10-6-25-52(58)53-26-7-11-30-59(53)62)39-55(60-54)46-20-12-17-43(35-46)44-18-13-21-48(36-44)61-56-27-8-4-23-50(56)51-24-5-9-28-57(51)61/h1-39H. The predicted molar refractivity (Wildman–Crippen MR) is 260 cm³/mol. The van der Waals surface area contributed by atoms with Crippen LogP contribution in [0.5, 0.6) is 0 Å². The summed E-state index contributed by atoms with van der Waals surface area (Å²) in [6, 6.07) is 85.2. The van der Waals surface area contributed by atoms with E-state index >= 15 is 0 Å². The van der Waals surface area contributed by atoms with Gasteiger partial charge in [-0.1, -0.05) is 170 Å². The number of fused-ring (bicyclic) bond motifs is 6. The van der Waals surface area contributed by atoms with Crippen molar-refractivity contribution in [2.75, 3.05) is 0 Å². The summed E-state index contributed by atoms with van der Waals surface area (Å²) in [5, 5.41) is 5.02. The van der Waals surface area contributed by atoms with Crippen LogP contribution in [0.25, 0.3) is 111 Å². The van der Waals surface area contributed by atoms with Crippen LogP contribution in [-0.4, -0.2) is 14.1 Å². The number of aromatic nitrogens is 3. The molecule has 0 amide bonds. The fourth-order valence-corrected chi connectivity index (χ4v) is 9.37. The average molecular weight is 790 g/mol. The van der Waals surface area contributed by atoms with E-state index in [1.54, 1.807) is 0 Å². The molecule has 0 bridgehead atoms. The lowest BCUT2D eigenvalue weighted by Crippen LogP contribution is -1.95. The van der Waals surface area contributed by atoms with Gasteiger partial charge in [0.1, 0.15) is 0 Å². The molecular formula is C59H39N3. The van der Waals surface area contributed by atoms with Gasteiger partial charge in [-0.3, -0.25) is 0 Å². The van der Waals surface area contributed by atoms with Crippen molar-refractivity contribution in [2.24, 2.45) is 0 Å². The van der Waals surface area contributed by atoms with Crippen molar-refractivity contribution in [3.05, 3.63) is 237 Å². The molecule has 0 saturated carbocycles. The van der Waals surface area contributed by atoms with Crippen molar-refractivity contribution in [1.29, 1.82) is 0 Å². The summed E-state index contributed by atoms with van der Waals surface area (Å²) in [6.07, 6.45) is 0. The zero-order valence-electron chi connectivity index (χ0n) is 33.9. The normalized spacial score (nSPS) is 11.5.